The molecule has 110 valence electrons. The highest BCUT2D eigenvalue weighted by Gasteiger charge is 2.10. The fraction of sp³-hybridized carbons (Fsp3) is 0.143. The van der Waals surface area contributed by atoms with Crippen molar-refractivity contribution >= 4 is 17.1 Å². The number of hydrogen-bond donors (Lipinski definition) is 2. The number of nitrogens with one attached hydrogen (secondary N) is 2. The first-order chi connectivity index (χ1) is 9.99. The van der Waals surface area contributed by atoms with Gasteiger partial charge in [0.05, 0.1) is 4.92 Å². The first-order valence-electron chi connectivity index (χ1n) is 6.14. The minimum absolute atomic E-state index is 0.0797. The average molecular weight is 293 g/mol. The lowest BCUT2D eigenvalue weighted by Crippen LogP contribution is -2.03. The maximum Gasteiger partial charge on any atom is 0.273 e. The summed E-state index contributed by atoms with van der Waals surface area (Å²) in [5.41, 5.74) is 1.22. The number of benzene rings is 2. The maximum absolute atomic E-state index is 13.5. The Balaban J connectivity index is 2.19. The Morgan fingerprint density at radius 3 is 2.48 bits per heavy atom. The van der Waals surface area contributed by atoms with Crippen LogP contribution in [0, 0.1) is 21.7 Å². The van der Waals surface area contributed by atoms with E-state index in [0.29, 0.717) is 11.4 Å². The lowest BCUT2D eigenvalue weighted by atomic mass is 10.2. The van der Waals surface area contributed by atoms with Crippen molar-refractivity contribution in [1.82, 2.24) is 0 Å². The molecule has 2 rings (SSSR count). The van der Waals surface area contributed by atoms with E-state index >= 15 is 0 Å². The molecule has 0 unspecified atom stereocenters. The van der Waals surface area contributed by atoms with Crippen LogP contribution in [0.1, 0.15) is 5.56 Å². The quantitative estimate of drug-likeness (QED) is 0.653. The molecule has 0 fully saturated rings. The van der Waals surface area contributed by atoms with Crippen LogP contribution >= 0.6 is 0 Å². The summed E-state index contributed by atoms with van der Waals surface area (Å²) in [6.07, 6.45) is 0. The highest BCUT2D eigenvalue weighted by Crippen LogP contribution is 2.24. The zero-order valence-electron chi connectivity index (χ0n) is 11.2. The Labute approximate surface area is 119 Å². The van der Waals surface area contributed by atoms with Gasteiger partial charge in [-0.15, -0.1) is 0 Å². The Kier molecular flexibility index (Phi) is 4.32. The van der Waals surface area contributed by atoms with Gasteiger partial charge in [0.15, 0.2) is 0 Å². The summed E-state index contributed by atoms with van der Waals surface area (Å²) in [5, 5.41) is 16.5. The zero-order valence-corrected chi connectivity index (χ0v) is 11.2. The lowest BCUT2D eigenvalue weighted by Gasteiger charge is -2.09. The van der Waals surface area contributed by atoms with E-state index in [4.69, 9.17) is 0 Å². The third kappa shape index (κ3) is 3.65. The SMILES string of the molecule is CNc1cc(NCc2ccc(F)cc2F)cc([N+](=O)[O-])c1. The van der Waals surface area contributed by atoms with E-state index in [1.807, 2.05) is 0 Å². The van der Waals surface area contributed by atoms with Crippen molar-refractivity contribution in [3.8, 4) is 0 Å². The second-order valence-electron chi connectivity index (χ2n) is 4.36. The lowest BCUT2D eigenvalue weighted by molar-refractivity contribution is -0.384. The molecular weight excluding hydrogens is 280 g/mol. The van der Waals surface area contributed by atoms with Crippen LogP contribution in [-0.4, -0.2) is 12.0 Å². The van der Waals surface area contributed by atoms with E-state index in [2.05, 4.69) is 10.6 Å². The molecule has 0 saturated heterocycles. The molecule has 0 amide bonds. The summed E-state index contributed by atoms with van der Waals surface area (Å²) in [4.78, 5) is 10.3. The van der Waals surface area contributed by atoms with Gasteiger partial charge in [-0.05, 0) is 12.1 Å². The van der Waals surface area contributed by atoms with Crippen LogP contribution in [0.5, 0.6) is 0 Å². The molecule has 21 heavy (non-hydrogen) atoms. The maximum atomic E-state index is 13.5. The number of halogens is 2. The van der Waals surface area contributed by atoms with E-state index in [1.54, 1.807) is 13.1 Å². The Morgan fingerprint density at radius 2 is 1.86 bits per heavy atom. The summed E-state index contributed by atoms with van der Waals surface area (Å²) >= 11 is 0. The van der Waals surface area contributed by atoms with Crippen LogP contribution in [0.25, 0.3) is 0 Å². The van der Waals surface area contributed by atoms with Crippen molar-refractivity contribution in [3.63, 3.8) is 0 Å². The third-order valence-corrected chi connectivity index (χ3v) is 2.92. The van der Waals surface area contributed by atoms with Crippen LogP contribution < -0.4 is 10.6 Å². The average Bonchev–Trinajstić information content (AvgIpc) is 2.46. The largest absolute Gasteiger partial charge is 0.388 e. The Hall–Kier alpha value is -2.70. The van der Waals surface area contributed by atoms with Crippen LogP contribution in [0.4, 0.5) is 25.8 Å². The third-order valence-electron chi connectivity index (χ3n) is 2.92. The molecule has 0 aliphatic heterocycles. The summed E-state index contributed by atoms with van der Waals surface area (Å²) in [6.45, 7) is 0.0937. The van der Waals surface area contributed by atoms with E-state index in [1.165, 1.54) is 18.2 Å². The molecule has 0 aliphatic carbocycles. The molecule has 2 aromatic carbocycles. The van der Waals surface area contributed by atoms with Crippen molar-refractivity contribution in [3.05, 3.63) is 63.7 Å². The van der Waals surface area contributed by atoms with Gasteiger partial charge >= 0.3 is 0 Å². The zero-order chi connectivity index (χ0) is 15.4. The van der Waals surface area contributed by atoms with Crippen LogP contribution in [0.15, 0.2) is 36.4 Å². The molecule has 7 heteroatoms. The van der Waals surface area contributed by atoms with Gasteiger partial charge in [-0.3, -0.25) is 10.1 Å². The van der Waals surface area contributed by atoms with E-state index in [0.717, 1.165) is 12.1 Å². The molecule has 0 atom stereocenters. The molecule has 0 bridgehead atoms. The van der Waals surface area contributed by atoms with Crippen molar-refractivity contribution < 1.29 is 13.7 Å². The summed E-state index contributed by atoms with van der Waals surface area (Å²) in [6, 6.07) is 7.68. The van der Waals surface area contributed by atoms with Crippen LogP contribution in [0.3, 0.4) is 0 Å². The van der Waals surface area contributed by atoms with E-state index in [-0.39, 0.29) is 17.8 Å². The number of anilines is 2. The van der Waals surface area contributed by atoms with Gasteiger partial charge < -0.3 is 10.6 Å². The monoisotopic (exact) mass is 293 g/mol. The Morgan fingerprint density at radius 1 is 1.14 bits per heavy atom. The second kappa shape index (κ2) is 6.17. The topological polar surface area (TPSA) is 67.2 Å². The van der Waals surface area contributed by atoms with Gasteiger partial charge in [0.2, 0.25) is 0 Å². The molecule has 0 saturated carbocycles. The Bertz CT molecular complexity index is 677. The first-order valence-corrected chi connectivity index (χ1v) is 6.14. The summed E-state index contributed by atoms with van der Waals surface area (Å²) in [7, 11) is 1.64. The standard InChI is InChI=1S/C14H13F2N3O2/c1-17-11-5-12(7-13(6-11)19(20)21)18-8-9-2-3-10(15)4-14(9)16/h2-7,17-18H,8H2,1H3. The molecular formula is C14H13F2N3O2. The number of non-ortho nitro benzene ring substituents is 1. The van der Waals surface area contributed by atoms with Crippen molar-refractivity contribution in [1.29, 1.82) is 0 Å². The van der Waals surface area contributed by atoms with Gasteiger partial charge in [-0.2, -0.15) is 0 Å². The predicted molar refractivity (Wildman–Crippen MR) is 76.3 cm³/mol. The van der Waals surface area contributed by atoms with Gasteiger partial charge in [-0.1, -0.05) is 6.07 Å². The van der Waals surface area contributed by atoms with Gasteiger partial charge in [0.25, 0.3) is 5.69 Å². The molecule has 5 nitrogen and oxygen atoms in total. The van der Waals surface area contributed by atoms with Crippen molar-refractivity contribution in [2.75, 3.05) is 17.7 Å². The highest BCUT2D eigenvalue weighted by atomic mass is 19.1. The summed E-state index contributed by atoms with van der Waals surface area (Å²) in [5.74, 6) is -1.31. The first kappa shape index (κ1) is 14.7. The van der Waals surface area contributed by atoms with Crippen molar-refractivity contribution in [2.24, 2.45) is 0 Å². The number of hydrogen-bond acceptors (Lipinski definition) is 4. The molecule has 0 heterocycles. The molecule has 0 aromatic heterocycles. The minimum Gasteiger partial charge on any atom is -0.388 e. The number of nitrogens with zero attached hydrogens (tertiary/aromatic N) is 1. The molecule has 0 aliphatic rings. The second-order valence-corrected chi connectivity index (χ2v) is 4.36. The van der Waals surface area contributed by atoms with Gasteiger partial charge in [0.1, 0.15) is 11.6 Å². The smallest absolute Gasteiger partial charge is 0.273 e. The molecule has 0 radical (unpaired) electrons. The predicted octanol–water partition coefficient (Wildman–Crippen LogP) is 3.53. The van der Waals surface area contributed by atoms with Crippen LogP contribution in [0.2, 0.25) is 0 Å². The van der Waals surface area contributed by atoms with E-state index < -0.39 is 16.6 Å². The summed E-state index contributed by atoms with van der Waals surface area (Å²) < 4.78 is 26.3. The minimum atomic E-state index is -0.665. The van der Waals surface area contributed by atoms with Crippen molar-refractivity contribution in [2.45, 2.75) is 6.54 Å². The van der Waals surface area contributed by atoms with Crippen LogP contribution in [-0.2, 0) is 6.54 Å². The van der Waals surface area contributed by atoms with Gasteiger partial charge in [0, 0.05) is 48.7 Å². The normalized spacial score (nSPS) is 10.2. The number of rotatable bonds is 5. The fourth-order valence-electron chi connectivity index (χ4n) is 1.83. The molecule has 0 spiro atoms. The molecule has 2 aromatic rings. The number of nitro groups is 1. The molecule has 2 N–H and O–H groups in total. The van der Waals surface area contributed by atoms with E-state index in [9.17, 15) is 18.9 Å². The fourth-order valence-corrected chi connectivity index (χ4v) is 1.83. The van der Waals surface area contributed by atoms with Gasteiger partial charge in [-0.25, -0.2) is 8.78 Å². The highest BCUT2D eigenvalue weighted by molar-refractivity contribution is 5.63. The number of nitro benzene ring substituents is 1.